The van der Waals surface area contributed by atoms with E-state index >= 15 is 0 Å². The van der Waals surface area contributed by atoms with E-state index in [1.807, 2.05) is 0 Å². The fourth-order valence-corrected chi connectivity index (χ4v) is 1.79. The molecule has 0 saturated heterocycles. The molecule has 0 heterocycles. The summed E-state index contributed by atoms with van der Waals surface area (Å²) in [5.41, 5.74) is 5.00. The van der Waals surface area contributed by atoms with E-state index in [9.17, 15) is 14.9 Å². The second-order valence-electron chi connectivity index (χ2n) is 6.55. The third-order valence-electron chi connectivity index (χ3n) is 3.14. The van der Waals surface area contributed by atoms with Crippen LogP contribution in [0.15, 0.2) is 24.3 Å². The van der Waals surface area contributed by atoms with Gasteiger partial charge < -0.3 is 10.5 Å². The fourth-order valence-electron chi connectivity index (χ4n) is 1.79. The lowest BCUT2D eigenvalue weighted by Crippen LogP contribution is -2.41. The molecule has 0 saturated carbocycles. The van der Waals surface area contributed by atoms with E-state index in [0.717, 1.165) is 0 Å². The molecule has 0 aliphatic rings. The van der Waals surface area contributed by atoms with Crippen LogP contribution in [0.2, 0.25) is 0 Å². The number of carbonyl (C=O) groups excluding carboxylic acids is 1. The molecular weight excluding hydrogens is 272 g/mol. The maximum Gasteiger partial charge on any atom is 0.313 e. The van der Waals surface area contributed by atoms with Crippen LogP contribution >= 0.6 is 0 Å². The number of nitrogens with two attached hydrogens (primary N) is 1. The first kappa shape index (κ1) is 17.1. The van der Waals surface area contributed by atoms with Gasteiger partial charge in [0.05, 0.1) is 10.3 Å². The van der Waals surface area contributed by atoms with Crippen LogP contribution in [0.3, 0.4) is 0 Å². The van der Waals surface area contributed by atoms with Gasteiger partial charge in [0.1, 0.15) is 5.60 Å². The highest BCUT2D eigenvalue weighted by molar-refractivity contribution is 5.77. The largest absolute Gasteiger partial charge is 0.460 e. The molecule has 0 radical (unpaired) electrons. The molecular formula is C15H22N2O4. The van der Waals surface area contributed by atoms with E-state index < -0.39 is 28.0 Å². The minimum Gasteiger partial charge on any atom is -0.460 e. The molecule has 0 amide bonds. The summed E-state index contributed by atoms with van der Waals surface area (Å²) < 4.78 is 5.37. The first-order chi connectivity index (χ1) is 9.45. The van der Waals surface area contributed by atoms with Crippen molar-refractivity contribution >= 4 is 11.7 Å². The standard InChI is InChI=1S/C15H22N2O4/c1-14(2,3)21-13(18)15(4,5)12(16)10-7-6-8-11(9-10)17(19)20/h6-9,12H,16H2,1-5H3/t12-/m0/s1. The first-order valence-electron chi connectivity index (χ1n) is 6.68. The second kappa shape index (κ2) is 5.81. The Labute approximate surface area is 124 Å². The van der Waals surface area contributed by atoms with Crippen LogP contribution in [0.5, 0.6) is 0 Å². The topological polar surface area (TPSA) is 95.5 Å². The zero-order chi connectivity index (χ0) is 16.4. The average Bonchev–Trinajstić information content (AvgIpc) is 2.35. The summed E-state index contributed by atoms with van der Waals surface area (Å²) in [5.74, 6) is -0.436. The molecule has 1 atom stereocenters. The highest BCUT2D eigenvalue weighted by Crippen LogP contribution is 2.35. The summed E-state index contributed by atoms with van der Waals surface area (Å²) in [6.45, 7) is 8.68. The van der Waals surface area contributed by atoms with Gasteiger partial charge in [0.25, 0.3) is 5.69 Å². The molecule has 116 valence electrons. The van der Waals surface area contributed by atoms with Gasteiger partial charge in [0.15, 0.2) is 0 Å². The van der Waals surface area contributed by atoms with Crippen molar-refractivity contribution in [1.29, 1.82) is 0 Å². The summed E-state index contributed by atoms with van der Waals surface area (Å²) in [7, 11) is 0. The molecule has 21 heavy (non-hydrogen) atoms. The van der Waals surface area contributed by atoms with Crippen LogP contribution in [0.1, 0.15) is 46.2 Å². The highest BCUT2D eigenvalue weighted by atomic mass is 16.6. The van der Waals surface area contributed by atoms with Gasteiger partial charge in [0, 0.05) is 18.2 Å². The molecule has 1 aromatic rings. The third kappa shape index (κ3) is 4.26. The number of benzene rings is 1. The van der Waals surface area contributed by atoms with Crippen molar-refractivity contribution in [3.63, 3.8) is 0 Å². The van der Waals surface area contributed by atoms with Crippen molar-refractivity contribution < 1.29 is 14.5 Å². The van der Waals surface area contributed by atoms with Crippen LogP contribution in [0.4, 0.5) is 5.69 Å². The maximum atomic E-state index is 12.3. The third-order valence-corrected chi connectivity index (χ3v) is 3.14. The number of hydrogen-bond donors (Lipinski definition) is 1. The Hall–Kier alpha value is -1.95. The SMILES string of the molecule is CC(C)(C)OC(=O)C(C)(C)[C@@H](N)c1cccc([N+](=O)[O-])c1. The van der Waals surface area contributed by atoms with Crippen molar-refractivity contribution in [2.75, 3.05) is 0 Å². The van der Waals surface area contributed by atoms with Gasteiger partial charge in [-0.1, -0.05) is 12.1 Å². The van der Waals surface area contributed by atoms with Gasteiger partial charge in [-0.25, -0.2) is 0 Å². The van der Waals surface area contributed by atoms with E-state index in [1.54, 1.807) is 46.8 Å². The van der Waals surface area contributed by atoms with Crippen molar-refractivity contribution in [1.82, 2.24) is 0 Å². The summed E-state index contributed by atoms with van der Waals surface area (Å²) in [4.78, 5) is 22.6. The fraction of sp³-hybridized carbons (Fsp3) is 0.533. The number of rotatable bonds is 4. The summed E-state index contributed by atoms with van der Waals surface area (Å²) >= 11 is 0. The summed E-state index contributed by atoms with van der Waals surface area (Å²) in [5, 5.41) is 10.8. The number of non-ortho nitro benzene ring substituents is 1. The van der Waals surface area contributed by atoms with Crippen molar-refractivity contribution in [2.45, 2.75) is 46.3 Å². The molecule has 0 aliphatic carbocycles. The summed E-state index contributed by atoms with van der Waals surface area (Å²) in [6.07, 6.45) is 0. The van der Waals surface area contributed by atoms with Crippen molar-refractivity contribution in [3.8, 4) is 0 Å². The van der Waals surface area contributed by atoms with E-state index in [4.69, 9.17) is 10.5 Å². The van der Waals surface area contributed by atoms with Gasteiger partial charge in [-0.2, -0.15) is 0 Å². The van der Waals surface area contributed by atoms with Crippen LogP contribution in [0, 0.1) is 15.5 Å². The molecule has 0 bridgehead atoms. The van der Waals surface area contributed by atoms with Crippen LogP contribution in [0.25, 0.3) is 0 Å². The number of nitro benzene ring substituents is 1. The molecule has 0 aliphatic heterocycles. The average molecular weight is 294 g/mol. The van der Waals surface area contributed by atoms with Gasteiger partial charge in [-0.15, -0.1) is 0 Å². The Bertz CT molecular complexity index is 547. The van der Waals surface area contributed by atoms with E-state index in [-0.39, 0.29) is 5.69 Å². The lowest BCUT2D eigenvalue weighted by molar-refractivity contribution is -0.384. The summed E-state index contributed by atoms with van der Waals surface area (Å²) in [6, 6.07) is 5.29. The lowest BCUT2D eigenvalue weighted by Gasteiger charge is -2.32. The number of hydrogen-bond acceptors (Lipinski definition) is 5. The van der Waals surface area contributed by atoms with Gasteiger partial charge >= 0.3 is 5.97 Å². The number of ether oxygens (including phenoxy) is 1. The molecule has 0 spiro atoms. The van der Waals surface area contributed by atoms with Crippen molar-refractivity contribution in [3.05, 3.63) is 39.9 Å². The minimum atomic E-state index is -0.998. The maximum absolute atomic E-state index is 12.3. The molecule has 0 aromatic heterocycles. The number of nitro groups is 1. The van der Waals surface area contributed by atoms with Crippen LogP contribution in [-0.2, 0) is 9.53 Å². The number of nitrogens with zero attached hydrogens (tertiary/aromatic N) is 1. The molecule has 6 nitrogen and oxygen atoms in total. The molecule has 2 N–H and O–H groups in total. The Morgan fingerprint density at radius 2 is 1.86 bits per heavy atom. The zero-order valence-corrected chi connectivity index (χ0v) is 13.0. The first-order valence-corrected chi connectivity index (χ1v) is 6.68. The number of carbonyl (C=O) groups is 1. The van der Waals surface area contributed by atoms with Crippen molar-refractivity contribution in [2.24, 2.45) is 11.1 Å². The predicted molar refractivity (Wildman–Crippen MR) is 79.7 cm³/mol. The minimum absolute atomic E-state index is 0.0528. The Balaban J connectivity index is 3.05. The molecule has 1 aromatic carbocycles. The Morgan fingerprint density at radius 3 is 2.33 bits per heavy atom. The lowest BCUT2D eigenvalue weighted by atomic mass is 9.81. The highest BCUT2D eigenvalue weighted by Gasteiger charge is 2.39. The Kier molecular flexibility index (Phi) is 4.73. The van der Waals surface area contributed by atoms with Gasteiger partial charge in [-0.3, -0.25) is 14.9 Å². The van der Waals surface area contributed by atoms with Gasteiger partial charge in [0.2, 0.25) is 0 Å². The van der Waals surface area contributed by atoms with E-state index in [1.165, 1.54) is 12.1 Å². The van der Waals surface area contributed by atoms with E-state index in [2.05, 4.69) is 0 Å². The smallest absolute Gasteiger partial charge is 0.313 e. The number of esters is 1. The van der Waals surface area contributed by atoms with E-state index in [0.29, 0.717) is 5.56 Å². The quantitative estimate of drug-likeness (QED) is 0.523. The van der Waals surface area contributed by atoms with Crippen LogP contribution < -0.4 is 5.73 Å². The Morgan fingerprint density at radius 1 is 1.29 bits per heavy atom. The molecule has 6 heteroatoms. The van der Waals surface area contributed by atoms with Gasteiger partial charge in [-0.05, 0) is 40.2 Å². The normalized spacial score (nSPS) is 13.6. The molecule has 1 rings (SSSR count). The zero-order valence-electron chi connectivity index (χ0n) is 13.0. The predicted octanol–water partition coefficient (Wildman–Crippen LogP) is 2.96. The molecule has 0 unspecified atom stereocenters. The monoisotopic (exact) mass is 294 g/mol. The van der Waals surface area contributed by atoms with Crippen LogP contribution in [-0.4, -0.2) is 16.5 Å². The molecule has 0 fully saturated rings. The second-order valence-corrected chi connectivity index (χ2v) is 6.55.